The number of carbonyl (C=O) groups excluding carboxylic acids is 3. The number of hydrogen-bond donors (Lipinski definition) is 2. The number of esters is 1. The minimum atomic E-state index is -0.487. The van der Waals surface area contributed by atoms with Gasteiger partial charge >= 0.3 is 5.97 Å². The van der Waals surface area contributed by atoms with E-state index in [1.165, 1.54) is 13.3 Å². The zero-order valence-corrected chi connectivity index (χ0v) is 22.0. The number of methoxy groups -OCH3 is 1. The van der Waals surface area contributed by atoms with E-state index < -0.39 is 5.97 Å². The smallest absolute Gasteiger partial charge is 0.343 e. The summed E-state index contributed by atoms with van der Waals surface area (Å²) in [7, 11) is 1.48. The van der Waals surface area contributed by atoms with Gasteiger partial charge in [0.1, 0.15) is 0 Å². The van der Waals surface area contributed by atoms with Gasteiger partial charge in [-0.3, -0.25) is 9.59 Å². The fraction of sp³-hybridized carbons (Fsp3) is 0.214. The number of nitrogens with zero attached hydrogens (tertiary/aromatic N) is 1. The maximum Gasteiger partial charge on any atom is 0.343 e. The number of carbonyl (C=O) groups is 3. The van der Waals surface area contributed by atoms with Crippen LogP contribution < -0.4 is 20.2 Å². The lowest BCUT2D eigenvalue weighted by atomic mass is 10.2. The van der Waals surface area contributed by atoms with E-state index in [-0.39, 0.29) is 17.6 Å². The molecule has 0 radical (unpaired) electrons. The van der Waals surface area contributed by atoms with Crippen molar-refractivity contribution in [2.75, 3.05) is 13.7 Å². The molecule has 2 N–H and O–H groups in total. The molecule has 0 aromatic heterocycles. The van der Waals surface area contributed by atoms with Gasteiger partial charge in [-0.25, -0.2) is 10.2 Å². The van der Waals surface area contributed by atoms with Crippen LogP contribution in [0.15, 0.2) is 82.4 Å². The minimum absolute atomic E-state index is 0.126. The zero-order chi connectivity index (χ0) is 26.5. The molecule has 3 rings (SSSR count). The molecule has 0 spiro atoms. The largest absolute Gasteiger partial charge is 0.493 e. The molecule has 3 aromatic carbocycles. The molecule has 37 heavy (non-hydrogen) atoms. The van der Waals surface area contributed by atoms with Crippen LogP contribution in [0.1, 0.15) is 52.0 Å². The molecule has 3 aromatic rings. The van der Waals surface area contributed by atoms with Gasteiger partial charge in [-0.2, -0.15) is 5.10 Å². The van der Waals surface area contributed by atoms with Gasteiger partial charge in [-0.1, -0.05) is 36.8 Å². The first-order valence-electron chi connectivity index (χ1n) is 11.8. The van der Waals surface area contributed by atoms with Crippen molar-refractivity contribution in [2.45, 2.75) is 25.7 Å². The van der Waals surface area contributed by atoms with Crippen molar-refractivity contribution in [2.24, 2.45) is 5.10 Å². The minimum Gasteiger partial charge on any atom is -0.493 e. The number of unbranched alkanes of at least 4 members (excludes halogenated alkanes) is 2. The number of hydrogen-bond acceptors (Lipinski definition) is 6. The van der Waals surface area contributed by atoms with E-state index in [0.29, 0.717) is 41.8 Å². The Hall–Kier alpha value is -3.98. The van der Waals surface area contributed by atoms with Gasteiger partial charge in [0.25, 0.3) is 5.91 Å². The lowest BCUT2D eigenvalue weighted by molar-refractivity contribution is -0.121. The molecule has 0 aliphatic carbocycles. The maximum absolute atomic E-state index is 12.3. The molecule has 0 aliphatic rings. The molecular formula is C28H28BrN3O5. The number of nitrogens with one attached hydrogen (secondary N) is 2. The second kappa shape index (κ2) is 14.5. The van der Waals surface area contributed by atoms with Crippen molar-refractivity contribution >= 4 is 39.9 Å². The lowest BCUT2D eigenvalue weighted by Gasteiger charge is -2.10. The van der Waals surface area contributed by atoms with Crippen molar-refractivity contribution in [3.63, 3.8) is 0 Å². The van der Waals surface area contributed by atoms with Gasteiger partial charge in [0.05, 0.1) is 24.5 Å². The number of benzene rings is 3. The Kier molecular flexibility index (Phi) is 10.9. The van der Waals surface area contributed by atoms with E-state index in [1.807, 2.05) is 24.3 Å². The standard InChI is InChI=1S/C28H28BrN3O5/c1-36-25-18-20(15-16-24(25)37-28(35)21-10-4-2-5-11-21)19-31-32-26(33)14-6-3-9-17-30-27(34)22-12-7-8-13-23(22)29/h2,4-5,7-8,10-13,15-16,18-19H,3,6,9,14,17H2,1H3,(H,30,34)(H,32,33). The first-order chi connectivity index (χ1) is 18.0. The Bertz CT molecular complexity index is 1250. The number of halogens is 1. The molecule has 0 unspecified atom stereocenters. The highest BCUT2D eigenvalue weighted by Crippen LogP contribution is 2.28. The van der Waals surface area contributed by atoms with Crippen LogP contribution in [-0.4, -0.2) is 37.7 Å². The van der Waals surface area contributed by atoms with Gasteiger partial charge in [0.15, 0.2) is 11.5 Å². The van der Waals surface area contributed by atoms with Gasteiger partial charge in [-0.15, -0.1) is 0 Å². The van der Waals surface area contributed by atoms with Gasteiger partial charge in [-0.05, 0) is 76.8 Å². The van der Waals surface area contributed by atoms with Crippen LogP contribution in [0.3, 0.4) is 0 Å². The van der Waals surface area contributed by atoms with Gasteiger partial charge in [0.2, 0.25) is 5.91 Å². The summed E-state index contributed by atoms with van der Waals surface area (Å²) in [6, 6.07) is 20.9. The molecule has 0 aliphatic heterocycles. The average molecular weight is 566 g/mol. The predicted octanol–water partition coefficient (Wildman–Crippen LogP) is 5.12. The van der Waals surface area contributed by atoms with E-state index in [4.69, 9.17) is 9.47 Å². The summed E-state index contributed by atoms with van der Waals surface area (Å²) in [5.74, 6) is -0.164. The first kappa shape index (κ1) is 27.6. The third kappa shape index (κ3) is 8.88. The zero-order valence-electron chi connectivity index (χ0n) is 20.4. The molecule has 0 saturated carbocycles. The van der Waals surface area contributed by atoms with E-state index in [1.54, 1.807) is 48.5 Å². The fourth-order valence-electron chi connectivity index (χ4n) is 3.35. The SMILES string of the molecule is COc1cc(C=NNC(=O)CCCCCNC(=O)c2ccccc2Br)ccc1OC(=O)c1ccccc1. The summed E-state index contributed by atoms with van der Waals surface area (Å²) < 4.78 is 11.5. The summed E-state index contributed by atoms with van der Waals surface area (Å²) in [6.45, 7) is 0.540. The molecule has 9 heteroatoms. The van der Waals surface area contributed by atoms with Crippen molar-refractivity contribution in [1.29, 1.82) is 0 Å². The normalized spacial score (nSPS) is 10.6. The summed E-state index contributed by atoms with van der Waals surface area (Å²) in [5.41, 5.74) is 4.20. The Morgan fingerprint density at radius 2 is 1.68 bits per heavy atom. The Morgan fingerprint density at radius 1 is 0.919 bits per heavy atom. The average Bonchev–Trinajstić information content (AvgIpc) is 2.92. The van der Waals surface area contributed by atoms with E-state index >= 15 is 0 Å². The van der Waals surface area contributed by atoms with Crippen LogP contribution in [0.4, 0.5) is 0 Å². The summed E-state index contributed by atoms with van der Waals surface area (Å²) in [6.07, 6.45) is 4.07. The predicted molar refractivity (Wildman–Crippen MR) is 145 cm³/mol. The monoisotopic (exact) mass is 565 g/mol. The molecular weight excluding hydrogens is 538 g/mol. The third-order valence-electron chi connectivity index (χ3n) is 5.29. The highest BCUT2D eigenvalue weighted by atomic mass is 79.9. The van der Waals surface area contributed by atoms with E-state index in [2.05, 4.69) is 31.8 Å². The molecule has 0 saturated heterocycles. The Labute approximate surface area is 224 Å². The number of amides is 2. The fourth-order valence-corrected chi connectivity index (χ4v) is 3.81. The molecule has 2 amide bonds. The van der Waals surface area contributed by atoms with Crippen molar-refractivity contribution < 1.29 is 23.9 Å². The van der Waals surface area contributed by atoms with E-state index in [9.17, 15) is 14.4 Å². The van der Waals surface area contributed by atoms with Crippen molar-refractivity contribution in [3.8, 4) is 11.5 Å². The topological polar surface area (TPSA) is 106 Å². The lowest BCUT2D eigenvalue weighted by Crippen LogP contribution is -2.24. The molecule has 0 bridgehead atoms. The van der Waals surface area contributed by atoms with Crippen LogP contribution in [0.25, 0.3) is 0 Å². The van der Waals surface area contributed by atoms with Crippen molar-refractivity contribution in [1.82, 2.24) is 10.7 Å². The molecule has 8 nitrogen and oxygen atoms in total. The number of hydrazone groups is 1. The number of ether oxygens (including phenoxy) is 2. The summed E-state index contributed by atoms with van der Waals surface area (Å²) in [5, 5.41) is 6.87. The Morgan fingerprint density at radius 3 is 2.43 bits per heavy atom. The summed E-state index contributed by atoms with van der Waals surface area (Å²) >= 11 is 3.37. The van der Waals surface area contributed by atoms with Crippen LogP contribution >= 0.6 is 15.9 Å². The van der Waals surface area contributed by atoms with Crippen molar-refractivity contribution in [3.05, 3.63) is 94.0 Å². The number of rotatable bonds is 12. The first-order valence-corrected chi connectivity index (χ1v) is 12.6. The molecule has 192 valence electrons. The molecule has 0 heterocycles. The van der Waals surface area contributed by atoms with Crippen LogP contribution in [0, 0.1) is 0 Å². The van der Waals surface area contributed by atoms with Gasteiger partial charge < -0.3 is 14.8 Å². The second-order valence-corrected chi connectivity index (χ2v) is 8.86. The third-order valence-corrected chi connectivity index (χ3v) is 5.98. The molecule has 0 atom stereocenters. The molecule has 0 fully saturated rings. The van der Waals surface area contributed by atoms with Crippen LogP contribution in [0.2, 0.25) is 0 Å². The second-order valence-electron chi connectivity index (χ2n) is 8.01. The van der Waals surface area contributed by atoms with Crippen LogP contribution in [-0.2, 0) is 4.79 Å². The highest BCUT2D eigenvalue weighted by Gasteiger charge is 2.12. The highest BCUT2D eigenvalue weighted by molar-refractivity contribution is 9.10. The Balaban J connectivity index is 1.36. The maximum atomic E-state index is 12.3. The van der Waals surface area contributed by atoms with Crippen LogP contribution in [0.5, 0.6) is 11.5 Å². The summed E-state index contributed by atoms with van der Waals surface area (Å²) in [4.78, 5) is 36.5. The quantitative estimate of drug-likeness (QED) is 0.104. The van der Waals surface area contributed by atoms with Gasteiger partial charge in [0, 0.05) is 17.4 Å². The van der Waals surface area contributed by atoms with E-state index in [0.717, 1.165) is 17.3 Å².